The summed E-state index contributed by atoms with van der Waals surface area (Å²) in [7, 11) is 0. The third-order valence-electron chi connectivity index (χ3n) is 4.34. The molecule has 1 aliphatic carbocycles. The molecule has 4 heteroatoms. The molecule has 1 unspecified atom stereocenters. The summed E-state index contributed by atoms with van der Waals surface area (Å²) in [5.74, 6) is -0.0136. The summed E-state index contributed by atoms with van der Waals surface area (Å²) in [5.41, 5.74) is 1.15. The number of rotatable bonds is 9. The van der Waals surface area contributed by atoms with Crippen LogP contribution in [0.1, 0.15) is 51.0 Å². The number of amides is 1. The van der Waals surface area contributed by atoms with E-state index in [0.29, 0.717) is 31.7 Å². The number of carboxylic acid groups (broad SMARTS) is 1. The number of nitrogens with zero attached hydrogens (tertiary/aromatic N) is 1. The Morgan fingerprint density at radius 2 is 1.82 bits per heavy atom. The van der Waals surface area contributed by atoms with Crippen molar-refractivity contribution in [2.24, 2.45) is 5.92 Å². The molecule has 0 saturated heterocycles. The van der Waals surface area contributed by atoms with Gasteiger partial charge in [0.25, 0.3) is 0 Å². The van der Waals surface area contributed by atoms with Gasteiger partial charge in [-0.1, -0.05) is 30.3 Å². The monoisotopic (exact) mass is 303 g/mol. The Kier molecular flexibility index (Phi) is 5.99. The lowest BCUT2D eigenvalue weighted by Gasteiger charge is -2.30. The first-order valence-electron chi connectivity index (χ1n) is 8.13. The molecule has 1 aliphatic rings. The van der Waals surface area contributed by atoms with Gasteiger partial charge >= 0.3 is 5.97 Å². The van der Waals surface area contributed by atoms with Crippen LogP contribution in [0.2, 0.25) is 0 Å². The molecule has 1 amide bonds. The van der Waals surface area contributed by atoms with E-state index in [9.17, 15) is 9.59 Å². The highest BCUT2D eigenvalue weighted by atomic mass is 16.4. The summed E-state index contributed by atoms with van der Waals surface area (Å²) < 4.78 is 0. The van der Waals surface area contributed by atoms with Crippen molar-refractivity contribution in [3.05, 3.63) is 35.9 Å². The molecular formula is C18H25NO3. The molecule has 0 bridgehead atoms. The second-order valence-electron chi connectivity index (χ2n) is 6.19. The number of carbonyl (C=O) groups is 2. The summed E-state index contributed by atoms with van der Waals surface area (Å²) in [6, 6.07) is 10.3. The van der Waals surface area contributed by atoms with Crippen molar-refractivity contribution < 1.29 is 14.7 Å². The van der Waals surface area contributed by atoms with Crippen LogP contribution >= 0.6 is 0 Å². The van der Waals surface area contributed by atoms with Gasteiger partial charge in [0.2, 0.25) is 5.91 Å². The molecule has 22 heavy (non-hydrogen) atoms. The Morgan fingerprint density at radius 1 is 1.18 bits per heavy atom. The van der Waals surface area contributed by atoms with E-state index >= 15 is 0 Å². The number of carboxylic acids is 1. The van der Waals surface area contributed by atoms with Crippen LogP contribution in [-0.2, 0) is 16.1 Å². The fourth-order valence-corrected chi connectivity index (χ4v) is 2.77. The topological polar surface area (TPSA) is 57.6 Å². The molecule has 1 aromatic rings. The fourth-order valence-electron chi connectivity index (χ4n) is 2.77. The van der Waals surface area contributed by atoms with Gasteiger partial charge in [0, 0.05) is 25.4 Å². The van der Waals surface area contributed by atoms with Gasteiger partial charge < -0.3 is 10.0 Å². The van der Waals surface area contributed by atoms with Crippen LogP contribution in [0, 0.1) is 5.92 Å². The number of benzene rings is 1. The largest absolute Gasteiger partial charge is 0.481 e. The second kappa shape index (κ2) is 7.97. The Labute approximate surface area is 132 Å². The van der Waals surface area contributed by atoms with E-state index < -0.39 is 5.97 Å². The molecule has 2 rings (SSSR count). The summed E-state index contributed by atoms with van der Waals surface area (Å²) in [5, 5.41) is 8.66. The van der Waals surface area contributed by atoms with E-state index in [1.54, 1.807) is 0 Å². The molecule has 1 atom stereocenters. The molecule has 1 N–H and O–H groups in total. The highest BCUT2D eigenvalue weighted by Crippen LogP contribution is 2.36. The van der Waals surface area contributed by atoms with Crippen LogP contribution in [-0.4, -0.2) is 27.9 Å². The second-order valence-corrected chi connectivity index (χ2v) is 6.19. The van der Waals surface area contributed by atoms with Crippen LogP contribution in [0.25, 0.3) is 0 Å². The first-order valence-corrected chi connectivity index (χ1v) is 8.13. The normalized spacial score (nSPS) is 15.3. The summed E-state index contributed by atoms with van der Waals surface area (Å²) in [4.78, 5) is 25.1. The van der Waals surface area contributed by atoms with E-state index in [2.05, 4.69) is 6.92 Å². The zero-order valence-electron chi connectivity index (χ0n) is 13.2. The summed E-state index contributed by atoms with van der Waals surface area (Å²) >= 11 is 0. The number of unbranched alkanes of at least 4 members (excludes halogenated alkanes) is 1. The maximum absolute atomic E-state index is 12.5. The minimum Gasteiger partial charge on any atom is -0.481 e. The third kappa shape index (κ3) is 5.17. The standard InChI is InChI=1S/C18H25NO3/c1-14(16-11-12-16)19(13-15-7-3-2-4-8-15)17(20)9-5-6-10-18(21)22/h2-4,7-8,14,16H,5-6,9-13H2,1H3,(H,21,22). The van der Waals surface area contributed by atoms with Gasteiger partial charge in [0.15, 0.2) is 0 Å². The van der Waals surface area contributed by atoms with Crippen LogP contribution < -0.4 is 0 Å². The van der Waals surface area contributed by atoms with Gasteiger partial charge in [0.1, 0.15) is 0 Å². The lowest BCUT2D eigenvalue weighted by atomic mass is 10.1. The average Bonchev–Trinajstić information content (AvgIpc) is 3.34. The Balaban J connectivity index is 1.91. The maximum Gasteiger partial charge on any atom is 0.303 e. The fraction of sp³-hybridized carbons (Fsp3) is 0.556. The maximum atomic E-state index is 12.5. The highest BCUT2D eigenvalue weighted by molar-refractivity contribution is 5.76. The third-order valence-corrected chi connectivity index (χ3v) is 4.34. The smallest absolute Gasteiger partial charge is 0.303 e. The zero-order chi connectivity index (χ0) is 15.9. The minimum atomic E-state index is -0.792. The average molecular weight is 303 g/mol. The minimum absolute atomic E-state index is 0.143. The predicted octanol–water partition coefficient (Wildman–Crippen LogP) is 3.46. The lowest BCUT2D eigenvalue weighted by molar-refractivity contribution is -0.138. The van der Waals surface area contributed by atoms with Gasteiger partial charge in [-0.25, -0.2) is 0 Å². The number of hydrogen-bond acceptors (Lipinski definition) is 2. The Bertz CT molecular complexity index is 496. The van der Waals surface area contributed by atoms with Crippen molar-refractivity contribution in [3.63, 3.8) is 0 Å². The van der Waals surface area contributed by atoms with E-state index in [1.807, 2.05) is 35.2 Å². The number of hydrogen-bond donors (Lipinski definition) is 1. The van der Waals surface area contributed by atoms with Crippen molar-refractivity contribution in [2.45, 2.75) is 58.0 Å². The number of carbonyl (C=O) groups excluding carboxylic acids is 1. The van der Waals surface area contributed by atoms with Gasteiger partial charge in [-0.15, -0.1) is 0 Å². The zero-order valence-corrected chi connectivity index (χ0v) is 13.2. The molecule has 4 nitrogen and oxygen atoms in total. The Hall–Kier alpha value is -1.84. The van der Waals surface area contributed by atoms with Crippen molar-refractivity contribution in [1.82, 2.24) is 4.90 Å². The molecule has 0 aliphatic heterocycles. The van der Waals surface area contributed by atoms with Crippen molar-refractivity contribution in [2.75, 3.05) is 0 Å². The molecule has 1 fully saturated rings. The SMILES string of the molecule is CC(C1CC1)N(Cc1ccccc1)C(=O)CCCCC(=O)O. The first-order chi connectivity index (χ1) is 10.6. The number of aliphatic carboxylic acids is 1. The predicted molar refractivity (Wildman–Crippen MR) is 85.3 cm³/mol. The summed E-state index contributed by atoms with van der Waals surface area (Å²) in [6.07, 6.45) is 4.21. The van der Waals surface area contributed by atoms with E-state index in [0.717, 1.165) is 5.56 Å². The highest BCUT2D eigenvalue weighted by Gasteiger charge is 2.33. The molecule has 0 aromatic heterocycles. The molecule has 0 heterocycles. The van der Waals surface area contributed by atoms with Crippen molar-refractivity contribution in [3.8, 4) is 0 Å². The van der Waals surface area contributed by atoms with Gasteiger partial charge in [-0.3, -0.25) is 9.59 Å². The molecule has 0 radical (unpaired) electrons. The molecule has 1 saturated carbocycles. The van der Waals surface area contributed by atoms with Crippen molar-refractivity contribution >= 4 is 11.9 Å². The lowest BCUT2D eigenvalue weighted by Crippen LogP contribution is -2.39. The quantitative estimate of drug-likeness (QED) is 0.711. The van der Waals surface area contributed by atoms with Crippen LogP contribution in [0.4, 0.5) is 0 Å². The molecular weight excluding hydrogens is 278 g/mol. The molecule has 0 spiro atoms. The van der Waals surface area contributed by atoms with E-state index in [4.69, 9.17) is 5.11 Å². The van der Waals surface area contributed by atoms with E-state index in [-0.39, 0.29) is 18.4 Å². The molecule has 1 aromatic carbocycles. The Morgan fingerprint density at radius 3 is 2.41 bits per heavy atom. The van der Waals surface area contributed by atoms with E-state index in [1.165, 1.54) is 12.8 Å². The van der Waals surface area contributed by atoms with Crippen LogP contribution in [0.15, 0.2) is 30.3 Å². The van der Waals surface area contributed by atoms with Crippen molar-refractivity contribution in [1.29, 1.82) is 0 Å². The van der Waals surface area contributed by atoms with Gasteiger partial charge in [-0.05, 0) is 44.1 Å². The van der Waals surface area contributed by atoms with Crippen LogP contribution in [0.5, 0.6) is 0 Å². The molecule has 120 valence electrons. The van der Waals surface area contributed by atoms with Gasteiger partial charge in [0.05, 0.1) is 0 Å². The van der Waals surface area contributed by atoms with Gasteiger partial charge in [-0.2, -0.15) is 0 Å². The first kappa shape index (κ1) is 16.5. The van der Waals surface area contributed by atoms with Crippen LogP contribution in [0.3, 0.4) is 0 Å². The summed E-state index contributed by atoms with van der Waals surface area (Å²) in [6.45, 7) is 2.78.